The van der Waals surface area contributed by atoms with Crippen LogP contribution in [0.4, 0.5) is 4.79 Å². The average Bonchev–Trinajstić information content (AvgIpc) is 3.02. The number of hydrogen-bond donors (Lipinski definition) is 1. The van der Waals surface area contributed by atoms with Crippen LogP contribution in [0.15, 0.2) is 30.6 Å². The fourth-order valence-corrected chi connectivity index (χ4v) is 3.19. The minimum absolute atomic E-state index is 0.0203. The molecular weight excluding hydrogens is 318 g/mol. The lowest BCUT2D eigenvalue weighted by Crippen LogP contribution is -2.52. The Morgan fingerprint density at radius 1 is 1.40 bits per heavy atom. The molecule has 7 heteroatoms. The van der Waals surface area contributed by atoms with Gasteiger partial charge in [-0.15, -0.1) is 10.2 Å². The van der Waals surface area contributed by atoms with E-state index in [0.29, 0.717) is 13.2 Å². The molecule has 1 aromatic carbocycles. The molecule has 1 aliphatic heterocycles. The second-order valence-electron chi connectivity index (χ2n) is 6.65. The van der Waals surface area contributed by atoms with E-state index in [-0.39, 0.29) is 24.2 Å². The highest BCUT2D eigenvalue weighted by atomic mass is 16.5. The van der Waals surface area contributed by atoms with Crippen LogP contribution in [0.25, 0.3) is 0 Å². The highest BCUT2D eigenvalue weighted by Crippen LogP contribution is 2.27. The number of carbonyl (C=O) groups excluding carboxylic acids is 1. The Morgan fingerprint density at radius 3 is 2.84 bits per heavy atom. The standard InChI is InChI=1S/C18H25N5O2/c1-12-7-5-6-8-15(12)16-9-23(13(2)10-25-16)18(24)20-14(3)17-21-19-11-22(17)4/h5-8,11,13-14,16H,9-10H2,1-4H3,(H,20,24)/t13-,14+,16+/m1/s1. The molecule has 0 bridgehead atoms. The van der Waals surface area contributed by atoms with Crippen LogP contribution in [0.5, 0.6) is 0 Å². The molecular formula is C18H25N5O2. The normalized spacial score (nSPS) is 21.8. The van der Waals surface area contributed by atoms with Gasteiger partial charge in [0.15, 0.2) is 5.82 Å². The monoisotopic (exact) mass is 343 g/mol. The van der Waals surface area contributed by atoms with Crippen LogP contribution in [-0.4, -0.2) is 44.9 Å². The van der Waals surface area contributed by atoms with E-state index in [0.717, 1.165) is 11.4 Å². The van der Waals surface area contributed by atoms with Crippen molar-refractivity contribution in [2.45, 2.75) is 39.0 Å². The number of morpholine rings is 1. The first-order valence-corrected chi connectivity index (χ1v) is 8.55. The van der Waals surface area contributed by atoms with Crippen LogP contribution < -0.4 is 5.32 Å². The summed E-state index contributed by atoms with van der Waals surface area (Å²) in [4.78, 5) is 14.6. The topological polar surface area (TPSA) is 72.3 Å². The summed E-state index contributed by atoms with van der Waals surface area (Å²) in [7, 11) is 1.86. The van der Waals surface area contributed by atoms with Crippen molar-refractivity contribution < 1.29 is 9.53 Å². The Kier molecular flexibility index (Phi) is 5.03. The van der Waals surface area contributed by atoms with Gasteiger partial charge in [0.2, 0.25) is 0 Å². The van der Waals surface area contributed by atoms with Gasteiger partial charge in [0.05, 0.1) is 25.2 Å². The van der Waals surface area contributed by atoms with Crippen molar-refractivity contribution in [2.24, 2.45) is 7.05 Å². The third-order valence-corrected chi connectivity index (χ3v) is 4.70. The fourth-order valence-electron chi connectivity index (χ4n) is 3.19. The fraction of sp³-hybridized carbons (Fsp3) is 0.500. The number of nitrogens with zero attached hydrogens (tertiary/aromatic N) is 4. The van der Waals surface area contributed by atoms with Crippen molar-refractivity contribution in [3.8, 4) is 0 Å². The number of rotatable bonds is 3. The summed E-state index contributed by atoms with van der Waals surface area (Å²) in [5, 5.41) is 10.9. The summed E-state index contributed by atoms with van der Waals surface area (Å²) in [6, 6.07) is 7.84. The number of amides is 2. The molecule has 1 fully saturated rings. The number of benzene rings is 1. The zero-order chi connectivity index (χ0) is 18.0. The van der Waals surface area contributed by atoms with E-state index in [4.69, 9.17) is 4.74 Å². The molecule has 0 saturated carbocycles. The van der Waals surface area contributed by atoms with E-state index < -0.39 is 0 Å². The van der Waals surface area contributed by atoms with Gasteiger partial charge in [-0.2, -0.15) is 0 Å². The van der Waals surface area contributed by atoms with Crippen LogP contribution in [-0.2, 0) is 11.8 Å². The van der Waals surface area contributed by atoms with E-state index in [2.05, 4.69) is 34.6 Å². The maximum atomic E-state index is 12.8. The molecule has 134 valence electrons. The lowest BCUT2D eigenvalue weighted by molar-refractivity contribution is -0.0433. The Hall–Kier alpha value is -2.41. The van der Waals surface area contributed by atoms with Crippen LogP contribution in [0.1, 0.15) is 42.9 Å². The minimum atomic E-state index is -0.216. The zero-order valence-electron chi connectivity index (χ0n) is 15.1. The van der Waals surface area contributed by atoms with Gasteiger partial charge in [-0.1, -0.05) is 24.3 Å². The molecule has 0 radical (unpaired) electrons. The Balaban J connectivity index is 1.70. The molecule has 3 rings (SSSR count). The molecule has 7 nitrogen and oxygen atoms in total. The predicted molar refractivity (Wildman–Crippen MR) is 94.0 cm³/mol. The van der Waals surface area contributed by atoms with E-state index >= 15 is 0 Å². The molecule has 1 aliphatic rings. The van der Waals surface area contributed by atoms with E-state index in [9.17, 15) is 4.79 Å². The third kappa shape index (κ3) is 3.66. The van der Waals surface area contributed by atoms with Gasteiger partial charge in [0.1, 0.15) is 12.4 Å². The van der Waals surface area contributed by atoms with Crippen molar-refractivity contribution in [1.82, 2.24) is 25.0 Å². The highest BCUT2D eigenvalue weighted by molar-refractivity contribution is 5.75. The Bertz CT molecular complexity index is 745. The number of urea groups is 1. The zero-order valence-corrected chi connectivity index (χ0v) is 15.1. The lowest BCUT2D eigenvalue weighted by Gasteiger charge is -2.39. The van der Waals surface area contributed by atoms with E-state index in [1.165, 1.54) is 5.56 Å². The SMILES string of the molecule is Cc1ccccc1[C@@H]1CN(C(=O)N[C@@H](C)c2nncn2C)[C@H](C)CO1. The molecule has 1 saturated heterocycles. The minimum Gasteiger partial charge on any atom is -0.370 e. The number of carbonyl (C=O) groups is 1. The van der Waals surface area contributed by atoms with E-state index in [1.807, 2.05) is 42.5 Å². The van der Waals surface area contributed by atoms with Gasteiger partial charge in [0, 0.05) is 7.05 Å². The summed E-state index contributed by atoms with van der Waals surface area (Å²) in [6.45, 7) is 7.03. The summed E-state index contributed by atoms with van der Waals surface area (Å²) < 4.78 is 7.80. The van der Waals surface area contributed by atoms with Crippen LogP contribution in [0.3, 0.4) is 0 Å². The summed E-state index contributed by atoms with van der Waals surface area (Å²) in [6.07, 6.45) is 1.53. The first-order valence-electron chi connectivity index (χ1n) is 8.55. The quantitative estimate of drug-likeness (QED) is 0.928. The van der Waals surface area contributed by atoms with E-state index in [1.54, 1.807) is 6.33 Å². The molecule has 2 heterocycles. The van der Waals surface area contributed by atoms with Crippen molar-refractivity contribution >= 4 is 6.03 Å². The van der Waals surface area contributed by atoms with Gasteiger partial charge in [-0.05, 0) is 31.9 Å². The third-order valence-electron chi connectivity index (χ3n) is 4.70. The van der Waals surface area contributed by atoms with Gasteiger partial charge < -0.3 is 19.5 Å². The molecule has 2 amide bonds. The molecule has 0 unspecified atom stereocenters. The van der Waals surface area contributed by atoms with Gasteiger partial charge in [-0.25, -0.2) is 4.79 Å². The summed E-state index contributed by atoms with van der Waals surface area (Å²) in [5.41, 5.74) is 2.31. The number of ether oxygens (including phenoxy) is 1. The van der Waals surface area contributed by atoms with Crippen molar-refractivity contribution in [2.75, 3.05) is 13.2 Å². The van der Waals surface area contributed by atoms with Crippen LogP contribution in [0.2, 0.25) is 0 Å². The predicted octanol–water partition coefficient (Wildman–Crippen LogP) is 2.36. The van der Waals surface area contributed by atoms with Gasteiger partial charge >= 0.3 is 6.03 Å². The maximum Gasteiger partial charge on any atom is 0.318 e. The largest absolute Gasteiger partial charge is 0.370 e. The molecule has 25 heavy (non-hydrogen) atoms. The summed E-state index contributed by atoms with van der Waals surface area (Å²) >= 11 is 0. The Labute approximate surface area is 148 Å². The number of aromatic nitrogens is 3. The van der Waals surface area contributed by atoms with Crippen molar-refractivity contribution in [1.29, 1.82) is 0 Å². The first-order chi connectivity index (χ1) is 12.0. The number of aryl methyl sites for hydroxylation is 2. The molecule has 0 spiro atoms. The first kappa shape index (κ1) is 17.4. The average molecular weight is 343 g/mol. The van der Waals surface area contributed by atoms with Gasteiger partial charge in [0.25, 0.3) is 0 Å². The number of hydrogen-bond acceptors (Lipinski definition) is 4. The molecule has 2 aromatic rings. The second kappa shape index (κ2) is 7.23. The molecule has 0 aliphatic carbocycles. The Morgan fingerprint density at radius 2 is 2.16 bits per heavy atom. The smallest absolute Gasteiger partial charge is 0.318 e. The number of nitrogens with one attached hydrogen (secondary N) is 1. The second-order valence-corrected chi connectivity index (χ2v) is 6.65. The highest BCUT2D eigenvalue weighted by Gasteiger charge is 2.32. The van der Waals surface area contributed by atoms with Crippen molar-refractivity contribution in [3.63, 3.8) is 0 Å². The molecule has 3 atom stereocenters. The van der Waals surface area contributed by atoms with Crippen molar-refractivity contribution in [3.05, 3.63) is 47.5 Å². The lowest BCUT2D eigenvalue weighted by atomic mass is 10.0. The summed E-state index contributed by atoms with van der Waals surface area (Å²) in [5.74, 6) is 0.727. The van der Waals surface area contributed by atoms with Crippen LogP contribution >= 0.6 is 0 Å². The van der Waals surface area contributed by atoms with Crippen LogP contribution in [0, 0.1) is 6.92 Å². The molecule has 1 N–H and O–H groups in total. The molecule has 1 aromatic heterocycles. The van der Waals surface area contributed by atoms with Gasteiger partial charge in [-0.3, -0.25) is 0 Å². The maximum absolute atomic E-state index is 12.8.